The number of H-pyrrole nitrogens is 1. The maximum atomic E-state index is 12.3. The van der Waals surface area contributed by atoms with Gasteiger partial charge in [0.25, 0.3) is 11.1 Å². The fourth-order valence-corrected chi connectivity index (χ4v) is 4.16. The van der Waals surface area contributed by atoms with Crippen molar-refractivity contribution in [1.29, 1.82) is 0 Å². The molecule has 8 nitrogen and oxygen atoms in total. The highest BCUT2D eigenvalue weighted by atomic mass is 32.2. The van der Waals surface area contributed by atoms with Crippen LogP contribution in [0.1, 0.15) is 12.8 Å². The lowest BCUT2D eigenvalue weighted by atomic mass is 10.2. The number of hydrogen-bond acceptors (Lipinski definition) is 6. The molecule has 0 unspecified atom stereocenters. The maximum absolute atomic E-state index is 12.3. The quantitative estimate of drug-likeness (QED) is 0.444. The molecule has 2 aromatic carbocycles. The van der Waals surface area contributed by atoms with Crippen molar-refractivity contribution in [3.63, 3.8) is 0 Å². The van der Waals surface area contributed by atoms with E-state index in [2.05, 4.69) is 20.5 Å². The van der Waals surface area contributed by atoms with E-state index in [0.29, 0.717) is 23.2 Å². The Kier molecular flexibility index (Phi) is 5.17. The molecule has 156 valence electrons. The lowest BCUT2D eigenvalue weighted by Crippen LogP contribution is -2.23. The number of rotatable bonds is 6. The van der Waals surface area contributed by atoms with Crippen molar-refractivity contribution < 1.29 is 14.0 Å². The monoisotopic (exact) mass is 433 g/mol. The Hall–Kier alpha value is -3.59. The van der Waals surface area contributed by atoms with Gasteiger partial charge in [0.15, 0.2) is 0 Å². The summed E-state index contributed by atoms with van der Waals surface area (Å²) in [4.78, 5) is 29.1. The van der Waals surface area contributed by atoms with Crippen LogP contribution in [0.3, 0.4) is 0 Å². The van der Waals surface area contributed by atoms with E-state index in [1.54, 1.807) is 17.0 Å². The number of carbonyl (C=O) groups excluding carboxylic acids is 2. The first-order chi connectivity index (χ1) is 15.2. The highest BCUT2D eigenvalue weighted by Gasteiger charge is 2.21. The van der Waals surface area contributed by atoms with Gasteiger partial charge >= 0.3 is 0 Å². The largest absolute Gasteiger partial charge is 0.411 e. The summed E-state index contributed by atoms with van der Waals surface area (Å²) in [5.74, 6) is 0.510. The average Bonchev–Trinajstić information content (AvgIpc) is 3.52. The van der Waals surface area contributed by atoms with Gasteiger partial charge < -0.3 is 19.6 Å². The van der Waals surface area contributed by atoms with Crippen LogP contribution in [0, 0.1) is 0 Å². The number of amides is 2. The first kappa shape index (κ1) is 19.4. The smallest absolute Gasteiger partial charge is 0.277 e. The second-order valence-corrected chi connectivity index (χ2v) is 8.08. The van der Waals surface area contributed by atoms with Crippen LogP contribution in [0.15, 0.2) is 64.4 Å². The summed E-state index contributed by atoms with van der Waals surface area (Å²) in [6, 6.07) is 15.1. The predicted molar refractivity (Wildman–Crippen MR) is 119 cm³/mol. The zero-order chi connectivity index (χ0) is 21.2. The number of carbonyl (C=O) groups is 2. The number of benzene rings is 2. The minimum absolute atomic E-state index is 0.139. The van der Waals surface area contributed by atoms with Crippen LogP contribution in [0.4, 0.5) is 11.4 Å². The van der Waals surface area contributed by atoms with E-state index in [1.807, 2.05) is 42.6 Å². The first-order valence-corrected chi connectivity index (χ1v) is 10.9. The third-order valence-electron chi connectivity index (χ3n) is 5.09. The van der Waals surface area contributed by atoms with Crippen molar-refractivity contribution in [3.05, 3.63) is 54.7 Å². The molecule has 0 saturated carbocycles. The van der Waals surface area contributed by atoms with Crippen molar-refractivity contribution in [2.45, 2.75) is 18.1 Å². The maximum Gasteiger partial charge on any atom is 0.277 e. The van der Waals surface area contributed by atoms with E-state index in [-0.39, 0.29) is 17.6 Å². The van der Waals surface area contributed by atoms with Gasteiger partial charge in [0.05, 0.1) is 11.3 Å². The molecule has 0 atom stereocenters. The fraction of sp³-hybridized carbons (Fsp3) is 0.182. The number of thioether (sulfide) groups is 1. The molecule has 1 aliphatic rings. The summed E-state index contributed by atoms with van der Waals surface area (Å²) in [6.07, 6.45) is 3.30. The Bertz CT molecular complexity index is 1250. The number of fused-ring (bicyclic) bond motifs is 1. The number of hydrogen-bond donors (Lipinski definition) is 2. The molecule has 3 heterocycles. The molecular formula is C22H19N5O3S. The minimum atomic E-state index is -0.179. The molecule has 0 spiro atoms. The standard InChI is InChI=1S/C22H19N5O3S/c28-19(24-14-7-9-15(10-8-14)27-11-3-6-20(27)29)13-31-22-26-25-21(30-22)17-12-23-18-5-2-1-4-16(17)18/h1-2,4-5,7-10,12,23H,3,6,11,13H2,(H,24,28). The third-order valence-corrected chi connectivity index (χ3v) is 5.91. The van der Waals surface area contributed by atoms with Crippen molar-refractivity contribution >= 4 is 45.9 Å². The van der Waals surface area contributed by atoms with Crippen LogP contribution >= 0.6 is 11.8 Å². The number of aromatic amines is 1. The van der Waals surface area contributed by atoms with Gasteiger partial charge in [-0.3, -0.25) is 9.59 Å². The number of nitrogens with one attached hydrogen (secondary N) is 2. The molecule has 2 amide bonds. The summed E-state index contributed by atoms with van der Waals surface area (Å²) >= 11 is 1.18. The summed E-state index contributed by atoms with van der Waals surface area (Å²) in [7, 11) is 0. The molecule has 1 aliphatic heterocycles. The molecule has 0 bridgehead atoms. The number of aromatic nitrogens is 3. The van der Waals surface area contributed by atoms with Crippen LogP contribution < -0.4 is 10.2 Å². The van der Waals surface area contributed by atoms with Crippen LogP contribution in [-0.2, 0) is 9.59 Å². The number of anilines is 2. The third kappa shape index (κ3) is 4.04. The molecule has 4 aromatic rings. The molecule has 0 aliphatic carbocycles. The van der Waals surface area contributed by atoms with Gasteiger partial charge in [-0.25, -0.2) is 0 Å². The van der Waals surface area contributed by atoms with Gasteiger partial charge in [0.1, 0.15) is 0 Å². The topological polar surface area (TPSA) is 104 Å². The zero-order valence-corrected chi connectivity index (χ0v) is 17.3. The van der Waals surface area contributed by atoms with E-state index in [1.165, 1.54) is 11.8 Å². The van der Waals surface area contributed by atoms with Crippen molar-refractivity contribution in [1.82, 2.24) is 15.2 Å². The lowest BCUT2D eigenvalue weighted by Gasteiger charge is -2.16. The molecule has 1 fully saturated rings. The van der Waals surface area contributed by atoms with E-state index in [4.69, 9.17) is 4.42 Å². The van der Waals surface area contributed by atoms with Gasteiger partial charge in [0.2, 0.25) is 11.8 Å². The van der Waals surface area contributed by atoms with E-state index < -0.39 is 0 Å². The molecule has 0 radical (unpaired) electrons. The highest BCUT2D eigenvalue weighted by molar-refractivity contribution is 7.99. The molecule has 5 rings (SSSR count). The number of para-hydroxylation sites is 1. The first-order valence-electron chi connectivity index (χ1n) is 9.90. The van der Waals surface area contributed by atoms with Crippen LogP contribution in [-0.4, -0.2) is 39.3 Å². The van der Waals surface area contributed by atoms with E-state index >= 15 is 0 Å². The highest BCUT2D eigenvalue weighted by Crippen LogP contribution is 2.29. The molecule has 31 heavy (non-hydrogen) atoms. The van der Waals surface area contributed by atoms with Crippen LogP contribution in [0.2, 0.25) is 0 Å². The SMILES string of the molecule is O=C(CSc1nnc(-c2c[nH]c3ccccc23)o1)Nc1ccc(N2CCCC2=O)cc1. The van der Waals surface area contributed by atoms with E-state index in [0.717, 1.165) is 35.1 Å². The van der Waals surface area contributed by atoms with Crippen LogP contribution in [0.5, 0.6) is 0 Å². The van der Waals surface area contributed by atoms with Crippen molar-refractivity contribution in [2.75, 3.05) is 22.5 Å². The van der Waals surface area contributed by atoms with Crippen molar-refractivity contribution in [2.24, 2.45) is 0 Å². The Balaban J connectivity index is 1.18. The molecule has 2 N–H and O–H groups in total. The number of nitrogens with zero attached hydrogens (tertiary/aromatic N) is 3. The Labute approximate surface area is 182 Å². The summed E-state index contributed by atoms with van der Waals surface area (Å²) < 4.78 is 5.72. The second-order valence-electron chi connectivity index (χ2n) is 7.15. The normalized spacial score (nSPS) is 13.8. The second kappa shape index (κ2) is 8.27. The Morgan fingerprint density at radius 3 is 2.81 bits per heavy atom. The lowest BCUT2D eigenvalue weighted by molar-refractivity contribution is -0.117. The van der Waals surface area contributed by atoms with E-state index in [9.17, 15) is 9.59 Å². The Morgan fingerprint density at radius 1 is 1.16 bits per heavy atom. The van der Waals surface area contributed by atoms with Crippen molar-refractivity contribution in [3.8, 4) is 11.5 Å². The molecule has 2 aromatic heterocycles. The summed E-state index contributed by atoms with van der Waals surface area (Å²) in [6.45, 7) is 0.742. The Morgan fingerprint density at radius 2 is 2.00 bits per heavy atom. The molecular weight excluding hydrogens is 414 g/mol. The molecule has 1 saturated heterocycles. The van der Waals surface area contributed by atoms with Gasteiger partial charge in [-0.1, -0.05) is 30.0 Å². The summed E-state index contributed by atoms with van der Waals surface area (Å²) in [5.41, 5.74) is 3.34. The van der Waals surface area contributed by atoms with Crippen LogP contribution in [0.25, 0.3) is 22.4 Å². The van der Waals surface area contributed by atoms with Gasteiger partial charge in [-0.15, -0.1) is 10.2 Å². The summed E-state index contributed by atoms with van der Waals surface area (Å²) in [5, 5.41) is 12.3. The predicted octanol–water partition coefficient (Wildman–Crippen LogP) is 4.08. The zero-order valence-electron chi connectivity index (χ0n) is 16.5. The van der Waals surface area contributed by atoms with Gasteiger partial charge in [-0.05, 0) is 36.8 Å². The van der Waals surface area contributed by atoms with Gasteiger partial charge in [-0.2, -0.15) is 0 Å². The fourth-order valence-electron chi connectivity index (χ4n) is 3.60. The average molecular weight is 433 g/mol. The minimum Gasteiger partial charge on any atom is -0.411 e. The van der Waals surface area contributed by atoms with Gasteiger partial charge in [0, 0.05) is 41.4 Å². The molecule has 9 heteroatoms.